The van der Waals surface area contributed by atoms with Crippen molar-refractivity contribution in [2.24, 2.45) is 0 Å². The maximum Gasteiger partial charge on any atom is 0.240 e. The van der Waals surface area contributed by atoms with Crippen molar-refractivity contribution < 1.29 is 9.63 Å². The largest absolute Gasteiger partial charge is 0.393 e. The number of nitrogens with zero attached hydrogens (tertiary/aromatic N) is 4. The summed E-state index contributed by atoms with van der Waals surface area (Å²) >= 11 is 0. The van der Waals surface area contributed by atoms with Gasteiger partial charge in [0.15, 0.2) is 0 Å². The van der Waals surface area contributed by atoms with E-state index >= 15 is 0 Å². The number of hydrogen-bond donors (Lipinski definition) is 1. The topological polar surface area (TPSA) is 84.9 Å². The summed E-state index contributed by atoms with van der Waals surface area (Å²) in [7, 11) is 0. The van der Waals surface area contributed by atoms with Crippen molar-refractivity contribution in [2.45, 2.75) is 44.6 Å². The lowest BCUT2D eigenvalue weighted by Gasteiger charge is -2.22. The van der Waals surface area contributed by atoms with Crippen molar-refractivity contribution in [2.75, 3.05) is 0 Å². The van der Waals surface area contributed by atoms with E-state index in [0.29, 0.717) is 17.5 Å². The first-order chi connectivity index (χ1) is 9.22. The molecule has 6 nitrogen and oxygen atoms in total. The molecule has 1 N–H and O–H groups in total. The van der Waals surface area contributed by atoms with Gasteiger partial charge in [0.1, 0.15) is 0 Å². The van der Waals surface area contributed by atoms with E-state index in [1.165, 1.54) is 0 Å². The highest BCUT2D eigenvalue weighted by molar-refractivity contribution is 5.41. The van der Waals surface area contributed by atoms with Gasteiger partial charge < -0.3 is 9.63 Å². The van der Waals surface area contributed by atoms with Gasteiger partial charge in [-0.2, -0.15) is 4.98 Å². The van der Waals surface area contributed by atoms with Crippen molar-refractivity contribution in [3.63, 3.8) is 0 Å². The lowest BCUT2D eigenvalue weighted by Crippen LogP contribution is -2.17. The average Bonchev–Trinajstić information content (AvgIpc) is 2.90. The Morgan fingerprint density at radius 2 is 1.79 bits per heavy atom. The van der Waals surface area contributed by atoms with Crippen molar-refractivity contribution in [1.82, 2.24) is 20.1 Å². The van der Waals surface area contributed by atoms with Crippen LogP contribution in [0.4, 0.5) is 0 Å². The van der Waals surface area contributed by atoms with Crippen LogP contribution in [0, 0.1) is 6.92 Å². The first-order valence-corrected chi connectivity index (χ1v) is 6.53. The van der Waals surface area contributed by atoms with Gasteiger partial charge in [0.2, 0.25) is 17.5 Å². The Morgan fingerprint density at radius 1 is 1.11 bits per heavy atom. The molecule has 1 saturated carbocycles. The molecule has 2 aromatic heterocycles. The molecule has 0 aliphatic heterocycles. The molecule has 0 bridgehead atoms. The molecule has 0 atom stereocenters. The van der Waals surface area contributed by atoms with Gasteiger partial charge in [-0.15, -0.1) is 0 Å². The van der Waals surface area contributed by atoms with Gasteiger partial charge in [-0.3, -0.25) is 0 Å². The fourth-order valence-electron chi connectivity index (χ4n) is 2.32. The highest BCUT2D eigenvalue weighted by Gasteiger charge is 2.25. The Kier molecular flexibility index (Phi) is 3.25. The summed E-state index contributed by atoms with van der Waals surface area (Å²) in [6.45, 7) is 1.93. The Hall–Kier alpha value is -1.82. The summed E-state index contributed by atoms with van der Waals surface area (Å²) in [5, 5.41) is 13.4. The lowest BCUT2D eigenvalue weighted by molar-refractivity contribution is 0.116. The van der Waals surface area contributed by atoms with E-state index in [1.54, 1.807) is 12.4 Å². The first-order valence-electron chi connectivity index (χ1n) is 6.53. The normalized spacial score (nSPS) is 23.5. The number of rotatable bonds is 2. The van der Waals surface area contributed by atoms with E-state index in [-0.39, 0.29) is 12.0 Å². The molecule has 0 amide bonds. The van der Waals surface area contributed by atoms with Crippen LogP contribution in [-0.2, 0) is 0 Å². The zero-order chi connectivity index (χ0) is 13.2. The molecule has 0 unspecified atom stereocenters. The molecule has 2 aromatic rings. The fraction of sp³-hybridized carbons (Fsp3) is 0.538. The summed E-state index contributed by atoms with van der Waals surface area (Å²) in [5.74, 6) is 1.79. The van der Waals surface area contributed by atoms with Crippen LogP contribution in [0.5, 0.6) is 0 Å². The summed E-state index contributed by atoms with van der Waals surface area (Å²) in [6, 6.07) is 0. The number of aliphatic hydroxyl groups excluding tert-OH is 1. The standard InChI is InChI=1S/C13H16N4O2/c1-8-6-14-11(15-7-8)12-16-13(19-17-12)9-2-4-10(18)5-3-9/h6-7,9-10,18H,2-5H2,1H3. The second-order valence-corrected chi connectivity index (χ2v) is 5.05. The van der Waals surface area contributed by atoms with E-state index < -0.39 is 0 Å². The molecule has 6 heteroatoms. The van der Waals surface area contributed by atoms with Crippen LogP contribution in [-0.4, -0.2) is 31.3 Å². The fourth-order valence-corrected chi connectivity index (χ4v) is 2.32. The van der Waals surface area contributed by atoms with Gasteiger partial charge in [-0.05, 0) is 38.2 Å². The van der Waals surface area contributed by atoms with E-state index in [9.17, 15) is 5.11 Å². The van der Waals surface area contributed by atoms with Crippen molar-refractivity contribution in [3.05, 3.63) is 23.8 Å². The minimum absolute atomic E-state index is 0.181. The second kappa shape index (κ2) is 5.05. The van der Waals surface area contributed by atoms with E-state index in [0.717, 1.165) is 31.2 Å². The van der Waals surface area contributed by atoms with Crippen LogP contribution in [0.2, 0.25) is 0 Å². The quantitative estimate of drug-likeness (QED) is 0.887. The predicted octanol–water partition coefficient (Wildman–Crippen LogP) is 1.85. The third kappa shape index (κ3) is 2.63. The van der Waals surface area contributed by atoms with Crippen LogP contribution in [0.3, 0.4) is 0 Å². The zero-order valence-electron chi connectivity index (χ0n) is 10.8. The van der Waals surface area contributed by atoms with Gasteiger partial charge in [0.05, 0.1) is 6.10 Å². The van der Waals surface area contributed by atoms with Crippen LogP contribution >= 0.6 is 0 Å². The Labute approximate surface area is 110 Å². The van der Waals surface area contributed by atoms with Gasteiger partial charge in [-0.25, -0.2) is 9.97 Å². The third-order valence-electron chi connectivity index (χ3n) is 3.47. The molecule has 19 heavy (non-hydrogen) atoms. The van der Waals surface area contributed by atoms with Gasteiger partial charge >= 0.3 is 0 Å². The van der Waals surface area contributed by atoms with Crippen molar-refractivity contribution in [1.29, 1.82) is 0 Å². The van der Waals surface area contributed by atoms with Gasteiger partial charge in [0.25, 0.3) is 0 Å². The predicted molar refractivity (Wildman–Crippen MR) is 67.3 cm³/mol. The molecular weight excluding hydrogens is 244 g/mol. The Bertz CT molecular complexity index is 544. The molecule has 1 aliphatic carbocycles. The second-order valence-electron chi connectivity index (χ2n) is 5.05. The van der Waals surface area contributed by atoms with E-state index in [4.69, 9.17) is 4.52 Å². The van der Waals surface area contributed by atoms with E-state index in [1.807, 2.05) is 6.92 Å². The number of hydrogen-bond acceptors (Lipinski definition) is 6. The van der Waals surface area contributed by atoms with Crippen LogP contribution < -0.4 is 0 Å². The van der Waals surface area contributed by atoms with Crippen LogP contribution in [0.15, 0.2) is 16.9 Å². The zero-order valence-corrected chi connectivity index (χ0v) is 10.8. The monoisotopic (exact) mass is 260 g/mol. The molecule has 1 fully saturated rings. The minimum atomic E-state index is -0.181. The molecule has 3 rings (SSSR count). The van der Waals surface area contributed by atoms with Crippen LogP contribution in [0.25, 0.3) is 11.6 Å². The SMILES string of the molecule is Cc1cnc(-c2noc(C3CCC(O)CC3)n2)nc1. The van der Waals surface area contributed by atoms with Gasteiger partial charge in [0, 0.05) is 18.3 Å². The molecule has 100 valence electrons. The Balaban J connectivity index is 1.77. The van der Waals surface area contributed by atoms with Crippen molar-refractivity contribution >= 4 is 0 Å². The maximum atomic E-state index is 9.50. The lowest BCUT2D eigenvalue weighted by atomic mass is 9.87. The smallest absolute Gasteiger partial charge is 0.240 e. The molecule has 0 aromatic carbocycles. The maximum absolute atomic E-state index is 9.50. The van der Waals surface area contributed by atoms with E-state index in [2.05, 4.69) is 20.1 Å². The molecule has 1 aliphatic rings. The number of aryl methyl sites for hydroxylation is 1. The summed E-state index contributed by atoms with van der Waals surface area (Å²) < 4.78 is 5.30. The molecule has 0 spiro atoms. The summed E-state index contributed by atoms with van der Waals surface area (Å²) in [4.78, 5) is 12.7. The Morgan fingerprint density at radius 3 is 2.47 bits per heavy atom. The van der Waals surface area contributed by atoms with Crippen molar-refractivity contribution in [3.8, 4) is 11.6 Å². The number of aromatic nitrogens is 4. The summed E-state index contributed by atoms with van der Waals surface area (Å²) in [6.07, 6.45) is 6.64. The summed E-state index contributed by atoms with van der Waals surface area (Å²) in [5.41, 5.74) is 0.994. The van der Waals surface area contributed by atoms with Gasteiger partial charge in [-0.1, -0.05) is 5.16 Å². The molecule has 0 saturated heterocycles. The third-order valence-corrected chi connectivity index (χ3v) is 3.47. The molecular formula is C13H16N4O2. The highest BCUT2D eigenvalue weighted by atomic mass is 16.5. The number of aliphatic hydroxyl groups is 1. The molecule has 2 heterocycles. The minimum Gasteiger partial charge on any atom is -0.393 e. The highest BCUT2D eigenvalue weighted by Crippen LogP contribution is 2.32. The first kappa shape index (κ1) is 12.2. The van der Waals surface area contributed by atoms with Crippen LogP contribution in [0.1, 0.15) is 43.1 Å². The molecule has 0 radical (unpaired) electrons. The average molecular weight is 260 g/mol.